The fourth-order valence-electron chi connectivity index (χ4n) is 3.04. The summed E-state index contributed by atoms with van der Waals surface area (Å²) in [6.07, 6.45) is 0.126. The zero-order valence-corrected chi connectivity index (χ0v) is 16.5. The van der Waals surface area contributed by atoms with Crippen LogP contribution in [-0.4, -0.2) is 66.2 Å². The molecule has 0 radical (unpaired) electrons. The predicted molar refractivity (Wildman–Crippen MR) is 100 cm³/mol. The van der Waals surface area contributed by atoms with E-state index >= 15 is 0 Å². The number of aromatic nitrogens is 2. The molecule has 0 bridgehead atoms. The molecule has 1 aliphatic heterocycles. The molecule has 30 heavy (non-hydrogen) atoms. The van der Waals surface area contributed by atoms with Gasteiger partial charge in [0, 0.05) is 46.1 Å². The van der Waals surface area contributed by atoms with Crippen molar-refractivity contribution in [2.24, 2.45) is 0 Å². The number of nitrogens with one attached hydrogen (secondary N) is 2. The van der Waals surface area contributed by atoms with Gasteiger partial charge < -0.3 is 19.9 Å². The molecular weight excluding hydrogens is 400 g/mol. The van der Waals surface area contributed by atoms with E-state index in [4.69, 9.17) is 9.26 Å². The SMILES string of the molecule is CNC(=O)c1noc(CCC(=O)NC[C@H]2CN(Cc3ccc(F)c(F)c3)CCO2)n1. The minimum atomic E-state index is -0.869. The third-order valence-electron chi connectivity index (χ3n) is 4.60. The topological polar surface area (TPSA) is 110 Å². The van der Waals surface area contributed by atoms with Crippen LogP contribution in [0.2, 0.25) is 0 Å². The van der Waals surface area contributed by atoms with Crippen molar-refractivity contribution in [1.29, 1.82) is 0 Å². The number of carbonyl (C=O) groups excluding carboxylic acids is 2. The molecule has 1 aromatic carbocycles. The minimum absolute atomic E-state index is 0.0790. The van der Waals surface area contributed by atoms with E-state index in [2.05, 4.69) is 25.7 Å². The summed E-state index contributed by atoms with van der Waals surface area (Å²) in [6.45, 7) is 2.48. The highest BCUT2D eigenvalue weighted by Crippen LogP contribution is 2.13. The van der Waals surface area contributed by atoms with Gasteiger partial charge >= 0.3 is 0 Å². The van der Waals surface area contributed by atoms with E-state index in [1.54, 1.807) is 6.07 Å². The van der Waals surface area contributed by atoms with Gasteiger partial charge in [-0.2, -0.15) is 4.98 Å². The van der Waals surface area contributed by atoms with Crippen LogP contribution < -0.4 is 10.6 Å². The molecule has 1 aliphatic rings. The van der Waals surface area contributed by atoms with Crippen molar-refractivity contribution >= 4 is 11.8 Å². The molecule has 1 aromatic heterocycles. The molecule has 9 nitrogen and oxygen atoms in total. The van der Waals surface area contributed by atoms with Crippen LogP contribution in [0, 0.1) is 11.6 Å². The molecule has 11 heteroatoms. The summed E-state index contributed by atoms with van der Waals surface area (Å²) in [5.74, 6) is -2.28. The lowest BCUT2D eigenvalue weighted by Gasteiger charge is -2.33. The van der Waals surface area contributed by atoms with Crippen LogP contribution in [-0.2, 0) is 22.5 Å². The highest BCUT2D eigenvalue weighted by Gasteiger charge is 2.22. The average Bonchev–Trinajstić information content (AvgIpc) is 3.22. The highest BCUT2D eigenvalue weighted by atomic mass is 19.2. The van der Waals surface area contributed by atoms with E-state index < -0.39 is 17.5 Å². The number of morpholine rings is 1. The van der Waals surface area contributed by atoms with Crippen molar-refractivity contribution in [2.45, 2.75) is 25.5 Å². The van der Waals surface area contributed by atoms with Gasteiger partial charge in [-0.3, -0.25) is 14.5 Å². The van der Waals surface area contributed by atoms with E-state index in [1.807, 2.05) is 0 Å². The van der Waals surface area contributed by atoms with Crippen LogP contribution in [0.1, 0.15) is 28.5 Å². The molecule has 2 N–H and O–H groups in total. The zero-order valence-electron chi connectivity index (χ0n) is 16.5. The van der Waals surface area contributed by atoms with Crippen molar-refractivity contribution in [3.8, 4) is 0 Å². The molecule has 3 rings (SSSR count). The summed E-state index contributed by atoms with van der Waals surface area (Å²) in [7, 11) is 1.46. The third-order valence-corrected chi connectivity index (χ3v) is 4.60. The van der Waals surface area contributed by atoms with Crippen LogP contribution in [0.25, 0.3) is 0 Å². The number of nitrogens with zero attached hydrogens (tertiary/aromatic N) is 3. The normalized spacial score (nSPS) is 17.0. The molecule has 2 aromatic rings. The van der Waals surface area contributed by atoms with Gasteiger partial charge in [-0.1, -0.05) is 11.2 Å². The number of aryl methyl sites for hydroxylation is 1. The third kappa shape index (κ3) is 6.04. The van der Waals surface area contributed by atoms with Gasteiger partial charge in [0.2, 0.25) is 11.8 Å². The summed E-state index contributed by atoms with van der Waals surface area (Å²) < 4.78 is 37.0. The summed E-state index contributed by atoms with van der Waals surface area (Å²) in [5.41, 5.74) is 0.675. The van der Waals surface area contributed by atoms with Gasteiger partial charge in [-0.15, -0.1) is 0 Å². The Kier molecular flexibility index (Phi) is 7.41. The van der Waals surface area contributed by atoms with Crippen molar-refractivity contribution < 1.29 is 27.6 Å². The number of carbonyl (C=O) groups is 2. The lowest BCUT2D eigenvalue weighted by atomic mass is 10.1. The lowest BCUT2D eigenvalue weighted by Crippen LogP contribution is -2.47. The first-order valence-corrected chi connectivity index (χ1v) is 9.54. The molecule has 0 aliphatic carbocycles. The molecule has 0 spiro atoms. The second-order valence-corrected chi connectivity index (χ2v) is 6.87. The van der Waals surface area contributed by atoms with Crippen molar-refractivity contribution in [2.75, 3.05) is 33.3 Å². The van der Waals surface area contributed by atoms with Gasteiger partial charge in [0.1, 0.15) is 0 Å². The van der Waals surface area contributed by atoms with E-state index in [-0.39, 0.29) is 36.6 Å². The number of halogens is 2. The first kappa shape index (κ1) is 21.8. The van der Waals surface area contributed by atoms with Crippen LogP contribution in [0.15, 0.2) is 22.7 Å². The van der Waals surface area contributed by atoms with Gasteiger partial charge in [-0.25, -0.2) is 8.78 Å². The fraction of sp³-hybridized carbons (Fsp3) is 0.474. The first-order chi connectivity index (χ1) is 14.4. The number of hydrogen-bond acceptors (Lipinski definition) is 7. The fourth-order valence-corrected chi connectivity index (χ4v) is 3.04. The van der Waals surface area contributed by atoms with Crippen molar-refractivity contribution in [3.05, 3.63) is 47.1 Å². The molecule has 2 heterocycles. The Morgan fingerprint density at radius 2 is 2.13 bits per heavy atom. The Bertz CT molecular complexity index is 892. The number of ether oxygens (including phenoxy) is 1. The standard InChI is InChI=1S/C19H23F2N5O4/c1-22-19(28)18-24-17(30-25-18)5-4-16(27)23-9-13-11-26(6-7-29-13)10-12-2-3-14(20)15(21)8-12/h2-3,8,13H,4-7,9-11H2,1H3,(H,22,28)(H,23,27)/t13-/m0/s1. The smallest absolute Gasteiger partial charge is 0.292 e. The van der Waals surface area contributed by atoms with Gasteiger partial charge in [0.05, 0.1) is 12.7 Å². The van der Waals surface area contributed by atoms with Crippen molar-refractivity contribution in [3.63, 3.8) is 0 Å². The molecule has 2 amide bonds. The minimum Gasteiger partial charge on any atom is -0.374 e. The quantitative estimate of drug-likeness (QED) is 0.642. The van der Waals surface area contributed by atoms with E-state index in [9.17, 15) is 18.4 Å². The van der Waals surface area contributed by atoms with Crippen LogP contribution >= 0.6 is 0 Å². The van der Waals surface area contributed by atoms with E-state index in [0.29, 0.717) is 38.3 Å². The summed E-state index contributed by atoms with van der Waals surface area (Å²) in [5, 5.41) is 8.72. The number of amides is 2. The maximum atomic E-state index is 13.4. The van der Waals surface area contributed by atoms with Crippen LogP contribution in [0.4, 0.5) is 8.78 Å². The van der Waals surface area contributed by atoms with Crippen LogP contribution in [0.3, 0.4) is 0 Å². The predicted octanol–water partition coefficient (Wildman–Crippen LogP) is 0.657. The summed E-state index contributed by atoms with van der Waals surface area (Å²) in [6, 6.07) is 3.86. The number of hydrogen-bond donors (Lipinski definition) is 2. The molecule has 1 saturated heterocycles. The Balaban J connectivity index is 1.40. The maximum absolute atomic E-state index is 13.4. The van der Waals surface area contributed by atoms with Gasteiger partial charge in [0.25, 0.3) is 11.7 Å². The molecule has 162 valence electrons. The molecule has 1 atom stereocenters. The molecular formula is C19H23F2N5O4. The molecule has 0 saturated carbocycles. The second kappa shape index (κ2) is 10.2. The van der Waals surface area contributed by atoms with E-state index in [0.717, 1.165) is 6.07 Å². The Hall–Kier alpha value is -2.92. The van der Waals surface area contributed by atoms with Crippen LogP contribution in [0.5, 0.6) is 0 Å². The van der Waals surface area contributed by atoms with E-state index in [1.165, 1.54) is 13.1 Å². The van der Waals surface area contributed by atoms with Gasteiger partial charge in [0.15, 0.2) is 11.6 Å². The lowest BCUT2D eigenvalue weighted by molar-refractivity contribution is -0.122. The highest BCUT2D eigenvalue weighted by molar-refractivity contribution is 5.89. The summed E-state index contributed by atoms with van der Waals surface area (Å²) in [4.78, 5) is 29.4. The molecule has 1 fully saturated rings. The Morgan fingerprint density at radius 1 is 1.30 bits per heavy atom. The number of benzene rings is 1. The monoisotopic (exact) mass is 423 g/mol. The Morgan fingerprint density at radius 3 is 2.90 bits per heavy atom. The second-order valence-electron chi connectivity index (χ2n) is 6.87. The largest absolute Gasteiger partial charge is 0.374 e. The summed E-state index contributed by atoms with van der Waals surface area (Å²) >= 11 is 0. The Labute approximate surface area is 171 Å². The zero-order chi connectivity index (χ0) is 21.5. The maximum Gasteiger partial charge on any atom is 0.292 e. The molecule has 0 unspecified atom stereocenters. The number of rotatable bonds is 8. The van der Waals surface area contributed by atoms with Gasteiger partial charge in [-0.05, 0) is 17.7 Å². The van der Waals surface area contributed by atoms with Crippen molar-refractivity contribution in [1.82, 2.24) is 25.7 Å². The first-order valence-electron chi connectivity index (χ1n) is 9.54. The average molecular weight is 423 g/mol.